The Kier molecular flexibility index (Phi) is 8.05. The van der Waals surface area contributed by atoms with E-state index >= 15 is 0 Å². The zero-order valence-electron chi connectivity index (χ0n) is 20.0. The molecule has 37 heavy (non-hydrogen) atoms. The van der Waals surface area contributed by atoms with Gasteiger partial charge in [0.25, 0.3) is 11.1 Å². The number of carbonyl (C=O) groups excluding carboxylic acids is 3. The van der Waals surface area contributed by atoms with Gasteiger partial charge in [-0.05, 0) is 59.8 Å². The van der Waals surface area contributed by atoms with Gasteiger partial charge in [-0.25, -0.2) is 0 Å². The molecule has 11 nitrogen and oxygen atoms in total. The number of methoxy groups -OCH3 is 2. The van der Waals surface area contributed by atoms with Crippen LogP contribution in [0.15, 0.2) is 52.3 Å². The van der Waals surface area contributed by atoms with Crippen LogP contribution in [0, 0.1) is 0 Å². The van der Waals surface area contributed by atoms with E-state index in [0.29, 0.717) is 37.6 Å². The summed E-state index contributed by atoms with van der Waals surface area (Å²) in [5.74, 6) is -0.367. The van der Waals surface area contributed by atoms with Crippen LogP contribution in [0.4, 0.5) is 4.79 Å². The lowest BCUT2D eigenvalue weighted by Crippen LogP contribution is -2.46. The van der Waals surface area contributed by atoms with Crippen molar-refractivity contribution < 1.29 is 41.2 Å². The molecule has 2 heterocycles. The maximum absolute atomic E-state index is 12.8. The molecule has 2 fully saturated rings. The lowest BCUT2D eigenvalue weighted by molar-refractivity contribution is -0.139. The fraction of sp³-hybridized carbons (Fsp3) is 0.292. The van der Waals surface area contributed by atoms with Crippen LogP contribution in [-0.4, -0.2) is 82.3 Å². The molecule has 2 aliphatic heterocycles. The molecule has 2 saturated heterocycles. The molecule has 2 aromatic rings. The number of nitrogens with zero attached hydrogens (tertiary/aromatic N) is 2. The third kappa shape index (κ3) is 6.06. The van der Waals surface area contributed by atoms with Crippen molar-refractivity contribution in [3.63, 3.8) is 0 Å². The van der Waals surface area contributed by atoms with Gasteiger partial charge in [0.1, 0.15) is 17.2 Å². The van der Waals surface area contributed by atoms with Crippen LogP contribution in [0.2, 0.25) is 0 Å². The van der Waals surface area contributed by atoms with Gasteiger partial charge in [-0.1, -0.05) is 6.07 Å². The Labute approximate surface area is 218 Å². The summed E-state index contributed by atoms with van der Waals surface area (Å²) in [6, 6.07) is 10.1. The largest absolute Gasteiger partial charge is 0.497 e. The number of ether oxygens (including phenoxy) is 3. The lowest BCUT2D eigenvalue weighted by atomic mass is 10.2. The first kappa shape index (κ1) is 26.5. The molecule has 0 atom stereocenters. The molecule has 0 unspecified atom stereocenters. The van der Waals surface area contributed by atoms with Gasteiger partial charge in [0.15, 0.2) is 11.5 Å². The van der Waals surface area contributed by atoms with Crippen molar-refractivity contribution in [2.75, 3.05) is 47.1 Å². The Hall–Kier alpha value is -3.55. The maximum atomic E-state index is 12.8. The summed E-state index contributed by atoms with van der Waals surface area (Å²) in [5.41, 5.74) is 0.469. The van der Waals surface area contributed by atoms with Crippen LogP contribution in [0.5, 0.6) is 17.2 Å². The number of benzene rings is 2. The second kappa shape index (κ2) is 11.2. The molecule has 2 aromatic carbocycles. The number of amides is 3. The van der Waals surface area contributed by atoms with E-state index in [0.717, 1.165) is 16.7 Å². The van der Waals surface area contributed by atoms with Gasteiger partial charge < -0.3 is 23.3 Å². The summed E-state index contributed by atoms with van der Waals surface area (Å²) in [7, 11) is -1.34. The van der Waals surface area contributed by atoms with E-state index in [9.17, 15) is 22.8 Å². The number of hydrogen-bond donors (Lipinski definition) is 0. The van der Waals surface area contributed by atoms with Crippen LogP contribution in [0.3, 0.4) is 0 Å². The first-order valence-electron chi connectivity index (χ1n) is 11.1. The molecule has 4 rings (SSSR count). The second-order valence-corrected chi connectivity index (χ2v) is 10.4. The number of carbonyl (C=O) groups is 3. The van der Waals surface area contributed by atoms with Crippen molar-refractivity contribution in [3.8, 4) is 17.2 Å². The van der Waals surface area contributed by atoms with E-state index in [1.165, 1.54) is 62.8 Å². The average molecular weight is 549 g/mol. The molecule has 0 saturated carbocycles. The average Bonchev–Trinajstić information content (AvgIpc) is 3.17. The van der Waals surface area contributed by atoms with Gasteiger partial charge in [0.05, 0.1) is 32.3 Å². The zero-order valence-corrected chi connectivity index (χ0v) is 21.7. The van der Waals surface area contributed by atoms with E-state index < -0.39 is 21.3 Å². The zero-order chi connectivity index (χ0) is 26.6. The SMILES string of the molecule is COc1ccc(S(=O)(=O)Oc2ccc(/C=C3\SC(=O)N(CC(=O)N4CCOCC4)C3=O)cc2OC)cc1. The highest BCUT2D eigenvalue weighted by Gasteiger charge is 2.37. The van der Waals surface area contributed by atoms with Crippen molar-refractivity contribution >= 4 is 45.0 Å². The molecule has 0 bridgehead atoms. The van der Waals surface area contributed by atoms with Gasteiger partial charge in [-0.3, -0.25) is 19.3 Å². The minimum absolute atomic E-state index is 0.0559. The van der Waals surface area contributed by atoms with E-state index in [1.807, 2.05) is 0 Å². The van der Waals surface area contributed by atoms with Crippen LogP contribution in [-0.2, 0) is 24.4 Å². The number of thioether (sulfide) groups is 1. The standard InChI is InChI=1S/C24H24N2O9S2/c1-32-17-4-6-18(7-5-17)37(30,31)35-19-8-3-16(13-20(19)33-2)14-21-23(28)26(24(29)36-21)15-22(27)25-9-11-34-12-10-25/h3-8,13-14H,9-12,15H2,1-2H3/b21-14-. The lowest BCUT2D eigenvalue weighted by Gasteiger charge is -2.28. The van der Waals surface area contributed by atoms with Crippen molar-refractivity contribution in [2.45, 2.75) is 4.90 Å². The number of imide groups is 1. The van der Waals surface area contributed by atoms with Gasteiger partial charge in [0.2, 0.25) is 5.91 Å². The predicted octanol–water partition coefficient (Wildman–Crippen LogP) is 2.37. The third-order valence-corrected chi connectivity index (χ3v) is 7.72. The maximum Gasteiger partial charge on any atom is 0.339 e. The summed E-state index contributed by atoms with van der Waals surface area (Å²) >= 11 is 0.718. The fourth-order valence-corrected chi connectivity index (χ4v) is 5.37. The molecule has 0 N–H and O–H groups in total. The van der Waals surface area contributed by atoms with Crippen molar-refractivity contribution in [3.05, 3.63) is 52.9 Å². The molecule has 2 aliphatic rings. The van der Waals surface area contributed by atoms with E-state index in [4.69, 9.17) is 18.4 Å². The number of hydrogen-bond acceptors (Lipinski definition) is 10. The summed E-state index contributed by atoms with van der Waals surface area (Å²) in [5, 5.41) is -0.546. The molecule has 3 amide bonds. The minimum Gasteiger partial charge on any atom is -0.497 e. The fourth-order valence-electron chi connectivity index (χ4n) is 3.59. The van der Waals surface area contributed by atoms with Crippen molar-refractivity contribution in [1.29, 1.82) is 0 Å². The monoisotopic (exact) mass is 548 g/mol. The summed E-state index contributed by atoms with van der Waals surface area (Å²) in [4.78, 5) is 40.3. The molecule has 0 aromatic heterocycles. The quantitative estimate of drug-likeness (QED) is 0.358. The van der Waals surface area contributed by atoms with Crippen LogP contribution >= 0.6 is 11.8 Å². The summed E-state index contributed by atoms with van der Waals surface area (Å²) < 4.78 is 46.2. The third-order valence-electron chi connectivity index (χ3n) is 5.56. The first-order valence-corrected chi connectivity index (χ1v) is 13.3. The normalized spacial score (nSPS) is 17.3. The second-order valence-electron chi connectivity index (χ2n) is 7.88. The Morgan fingerprint density at radius 2 is 1.73 bits per heavy atom. The Balaban J connectivity index is 1.49. The number of morpholine rings is 1. The Morgan fingerprint density at radius 1 is 1.03 bits per heavy atom. The van der Waals surface area contributed by atoms with E-state index in [-0.39, 0.29) is 33.8 Å². The molecule has 13 heteroatoms. The molecular weight excluding hydrogens is 524 g/mol. The Morgan fingerprint density at radius 3 is 2.38 bits per heavy atom. The van der Waals surface area contributed by atoms with Gasteiger partial charge >= 0.3 is 10.1 Å². The first-order chi connectivity index (χ1) is 17.7. The highest BCUT2D eigenvalue weighted by molar-refractivity contribution is 8.18. The van der Waals surface area contributed by atoms with Gasteiger partial charge in [-0.2, -0.15) is 8.42 Å². The minimum atomic E-state index is -4.15. The van der Waals surface area contributed by atoms with E-state index in [1.54, 1.807) is 4.90 Å². The molecule has 196 valence electrons. The highest BCUT2D eigenvalue weighted by atomic mass is 32.2. The van der Waals surface area contributed by atoms with Gasteiger partial charge in [-0.15, -0.1) is 0 Å². The Bertz CT molecular complexity index is 1330. The molecule has 0 aliphatic carbocycles. The van der Waals surface area contributed by atoms with Crippen LogP contribution in [0.1, 0.15) is 5.56 Å². The van der Waals surface area contributed by atoms with Crippen molar-refractivity contribution in [1.82, 2.24) is 9.80 Å². The summed E-state index contributed by atoms with van der Waals surface area (Å²) in [6.07, 6.45) is 1.47. The number of rotatable bonds is 8. The molecular formula is C24H24N2O9S2. The predicted molar refractivity (Wildman–Crippen MR) is 134 cm³/mol. The smallest absolute Gasteiger partial charge is 0.339 e. The topological polar surface area (TPSA) is 129 Å². The molecule has 0 spiro atoms. The van der Waals surface area contributed by atoms with Crippen LogP contribution < -0.4 is 13.7 Å². The summed E-state index contributed by atoms with van der Waals surface area (Å²) in [6.45, 7) is 1.30. The van der Waals surface area contributed by atoms with Crippen LogP contribution in [0.25, 0.3) is 6.08 Å². The highest BCUT2D eigenvalue weighted by Crippen LogP contribution is 2.35. The van der Waals surface area contributed by atoms with E-state index in [2.05, 4.69) is 0 Å². The van der Waals surface area contributed by atoms with Crippen molar-refractivity contribution in [2.24, 2.45) is 0 Å². The van der Waals surface area contributed by atoms with Gasteiger partial charge in [0, 0.05) is 13.1 Å². The molecule has 0 radical (unpaired) electrons.